The van der Waals surface area contributed by atoms with Crippen LogP contribution >= 0.6 is 0 Å². The minimum Gasteiger partial charge on any atom is -0.338 e. The summed E-state index contributed by atoms with van der Waals surface area (Å²) in [4.78, 5) is 25.3. The summed E-state index contributed by atoms with van der Waals surface area (Å²) in [6.07, 6.45) is 1.04. The Hall–Kier alpha value is -1.26. The van der Waals surface area contributed by atoms with Gasteiger partial charge in [-0.05, 0) is 40.0 Å². The molecule has 1 heterocycles. The van der Waals surface area contributed by atoms with Crippen LogP contribution in [0.2, 0.25) is 0 Å². The average molecular weight is 255 g/mol. The van der Waals surface area contributed by atoms with E-state index in [-0.39, 0.29) is 30.1 Å². The molecule has 1 rings (SSSR count). The normalized spacial score (nSPS) is 23.9. The number of hydrogen-bond acceptors (Lipinski definition) is 2. The van der Waals surface area contributed by atoms with Crippen LogP contribution in [0.15, 0.2) is 0 Å². The summed E-state index contributed by atoms with van der Waals surface area (Å²) in [6.45, 7) is 10.8. The number of amides is 3. The summed E-state index contributed by atoms with van der Waals surface area (Å²) in [5.74, 6) is 0.545. The first-order chi connectivity index (χ1) is 8.19. The van der Waals surface area contributed by atoms with E-state index < -0.39 is 0 Å². The highest BCUT2D eigenvalue weighted by atomic mass is 16.2. The number of carbonyl (C=O) groups excluding carboxylic acids is 2. The molecular weight excluding hydrogens is 230 g/mol. The highest BCUT2D eigenvalue weighted by Gasteiger charge is 2.29. The van der Waals surface area contributed by atoms with Crippen molar-refractivity contribution >= 4 is 11.9 Å². The molecule has 1 fully saturated rings. The molecule has 0 saturated carbocycles. The first kappa shape index (κ1) is 14.8. The molecular formula is C13H25N3O2. The summed E-state index contributed by atoms with van der Waals surface area (Å²) >= 11 is 0. The van der Waals surface area contributed by atoms with Crippen molar-refractivity contribution in [2.75, 3.05) is 13.1 Å². The van der Waals surface area contributed by atoms with Crippen LogP contribution in [0.4, 0.5) is 4.79 Å². The smallest absolute Gasteiger partial charge is 0.315 e. The van der Waals surface area contributed by atoms with E-state index in [4.69, 9.17) is 0 Å². The van der Waals surface area contributed by atoms with Crippen molar-refractivity contribution in [1.29, 1.82) is 0 Å². The zero-order chi connectivity index (χ0) is 13.9. The molecule has 2 unspecified atom stereocenters. The maximum absolute atomic E-state index is 12.0. The molecule has 104 valence electrons. The maximum Gasteiger partial charge on any atom is 0.315 e. The molecule has 0 radical (unpaired) electrons. The van der Waals surface area contributed by atoms with Crippen LogP contribution in [-0.2, 0) is 4.79 Å². The molecule has 0 aliphatic carbocycles. The third-order valence-corrected chi connectivity index (χ3v) is 2.99. The van der Waals surface area contributed by atoms with Gasteiger partial charge in [0.25, 0.3) is 0 Å². The van der Waals surface area contributed by atoms with Gasteiger partial charge in [-0.3, -0.25) is 4.79 Å². The third-order valence-electron chi connectivity index (χ3n) is 2.99. The quantitative estimate of drug-likeness (QED) is 0.782. The van der Waals surface area contributed by atoms with Gasteiger partial charge in [-0.1, -0.05) is 6.92 Å². The average Bonchev–Trinajstić information content (AvgIpc) is 2.52. The summed E-state index contributed by atoms with van der Waals surface area (Å²) in [5, 5.41) is 5.37. The lowest BCUT2D eigenvalue weighted by Gasteiger charge is -2.23. The van der Waals surface area contributed by atoms with E-state index in [0.29, 0.717) is 5.92 Å². The van der Waals surface area contributed by atoms with Crippen molar-refractivity contribution in [3.63, 3.8) is 0 Å². The number of likely N-dealkylation sites (tertiary alicyclic amines) is 1. The molecule has 5 nitrogen and oxygen atoms in total. The van der Waals surface area contributed by atoms with Crippen LogP contribution in [0.3, 0.4) is 0 Å². The lowest BCUT2D eigenvalue weighted by atomic mass is 10.1. The van der Waals surface area contributed by atoms with Crippen LogP contribution < -0.4 is 10.6 Å². The van der Waals surface area contributed by atoms with Crippen molar-refractivity contribution in [2.24, 2.45) is 5.92 Å². The zero-order valence-electron chi connectivity index (χ0n) is 12.0. The van der Waals surface area contributed by atoms with Crippen LogP contribution in [0.25, 0.3) is 0 Å². The number of rotatable bonds is 2. The van der Waals surface area contributed by atoms with Crippen LogP contribution in [0.1, 0.15) is 41.0 Å². The molecule has 0 bridgehead atoms. The van der Waals surface area contributed by atoms with Crippen LogP contribution in [0.5, 0.6) is 0 Å². The van der Waals surface area contributed by atoms with Crippen molar-refractivity contribution in [2.45, 2.75) is 52.6 Å². The van der Waals surface area contributed by atoms with Crippen molar-refractivity contribution < 1.29 is 9.59 Å². The van der Waals surface area contributed by atoms with Crippen molar-refractivity contribution in [1.82, 2.24) is 15.5 Å². The minimum absolute atomic E-state index is 0.00379. The van der Waals surface area contributed by atoms with Gasteiger partial charge in [0, 0.05) is 18.1 Å². The van der Waals surface area contributed by atoms with Gasteiger partial charge in [0.2, 0.25) is 5.91 Å². The van der Waals surface area contributed by atoms with Crippen molar-refractivity contribution in [3.8, 4) is 0 Å². The number of carbonyl (C=O) groups is 2. The number of hydrogen-bond donors (Lipinski definition) is 2. The minimum atomic E-state index is -0.296. The summed E-state index contributed by atoms with van der Waals surface area (Å²) in [5.41, 5.74) is -0.289. The SMILES string of the molecule is CC1CC(C)N(C(=O)CNC(=O)NC(C)(C)C)C1. The molecule has 0 aromatic rings. The molecule has 1 saturated heterocycles. The fourth-order valence-electron chi connectivity index (χ4n) is 2.29. The monoisotopic (exact) mass is 255 g/mol. The van der Waals surface area contributed by atoms with Gasteiger partial charge in [0.1, 0.15) is 0 Å². The second-order valence-corrected chi connectivity index (χ2v) is 6.29. The van der Waals surface area contributed by atoms with E-state index in [1.165, 1.54) is 0 Å². The summed E-state index contributed by atoms with van der Waals surface area (Å²) in [7, 11) is 0. The van der Waals surface area contributed by atoms with E-state index in [1.54, 1.807) is 0 Å². The molecule has 0 spiro atoms. The predicted molar refractivity (Wildman–Crippen MR) is 71.2 cm³/mol. The largest absolute Gasteiger partial charge is 0.338 e. The second kappa shape index (κ2) is 5.59. The van der Waals surface area contributed by atoms with E-state index in [2.05, 4.69) is 24.5 Å². The van der Waals surface area contributed by atoms with Gasteiger partial charge < -0.3 is 15.5 Å². The lowest BCUT2D eigenvalue weighted by molar-refractivity contribution is -0.130. The summed E-state index contributed by atoms with van der Waals surface area (Å²) in [6, 6.07) is -0.0178. The highest BCUT2D eigenvalue weighted by molar-refractivity contribution is 5.84. The highest BCUT2D eigenvalue weighted by Crippen LogP contribution is 2.21. The Kier molecular flexibility index (Phi) is 4.59. The van der Waals surface area contributed by atoms with Crippen LogP contribution in [-0.4, -0.2) is 41.5 Å². The maximum atomic E-state index is 12.0. The van der Waals surface area contributed by atoms with Gasteiger partial charge in [-0.2, -0.15) is 0 Å². The number of urea groups is 1. The Morgan fingerprint density at radius 2 is 1.89 bits per heavy atom. The van der Waals surface area contributed by atoms with Gasteiger partial charge in [0.05, 0.1) is 6.54 Å². The van der Waals surface area contributed by atoms with Gasteiger partial charge in [-0.25, -0.2) is 4.79 Å². The predicted octanol–water partition coefficient (Wildman–Crippen LogP) is 1.34. The van der Waals surface area contributed by atoms with E-state index >= 15 is 0 Å². The lowest BCUT2D eigenvalue weighted by Crippen LogP contribution is -2.49. The first-order valence-corrected chi connectivity index (χ1v) is 6.54. The molecule has 0 aromatic heterocycles. The van der Waals surface area contributed by atoms with Gasteiger partial charge in [-0.15, -0.1) is 0 Å². The van der Waals surface area contributed by atoms with Gasteiger partial charge in [0.15, 0.2) is 0 Å². The molecule has 1 aliphatic rings. The van der Waals surface area contributed by atoms with Gasteiger partial charge >= 0.3 is 6.03 Å². The Morgan fingerprint density at radius 1 is 1.28 bits per heavy atom. The number of nitrogens with zero attached hydrogens (tertiary/aromatic N) is 1. The molecule has 18 heavy (non-hydrogen) atoms. The fourth-order valence-corrected chi connectivity index (χ4v) is 2.29. The van der Waals surface area contributed by atoms with E-state index in [0.717, 1.165) is 13.0 Å². The Labute approximate surface area is 109 Å². The Morgan fingerprint density at radius 3 is 2.33 bits per heavy atom. The standard InChI is InChI=1S/C13H25N3O2/c1-9-6-10(2)16(8-9)11(17)7-14-12(18)15-13(3,4)5/h9-10H,6-8H2,1-5H3,(H2,14,15,18). The molecule has 5 heteroatoms. The molecule has 1 aliphatic heterocycles. The number of nitrogens with one attached hydrogen (secondary N) is 2. The zero-order valence-corrected chi connectivity index (χ0v) is 12.0. The first-order valence-electron chi connectivity index (χ1n) is 6.54. The molecule has 3 amide bonds. The molecule has 2 atom stereocenters. The fraction of sp³-hybridized carbons (Fsp3) is 0.846. The third kappa shape index (κ3) is 4.55. The second-order valence-electron chi connectivity index (χ2n) is 6.29. The molecule has 2 N–H and O–H groups in total. The van der Waals surface area contributed by atoms with E-state index in [1.807, 2.05) is 25.7 Å². The van der Waals surface area contributed by atoms with E-state index in [9.17, 15) is 9.59 Å². The Bertz CT molecular complexity index is 323. The van der Waals surface area contributed by atoms with Crippen molar-refractivity contribution in [3.05, 3.63) is 0 Å². The topological polar surface area (TPSA) is 61.4 Å². The van der Waals surface area contributed by atoms with Crippen LogP contribution in [0, 0.1) is 5.92 Å². The Balaban J connectivity index is 2.35. The summed E-state index contributed by atoms with van der Waals surface area (Å²) < 4.78 is 0. The molecule has 0 aromatic carbocycles.